The highest BCUT2D eigenvalue weighted by Gasteiger charge is 2.73. The third-order valence-corrected chi connectivity index (χ3v) is 12.7. The average Bonchev–Trinajstić information content (AvgIpc) is 3.52. The van der Waals surface area contributed by atoms with Crippen LogP contribution in [0.2, 0.25) is 0 Å². The molecule has 7 heteroatoms. The van der Waals surface area contributed by atoms with E-state index in [0.717, 1.165) is 30.1 Å². The minimum absolute atomic E-state index is 0.109. The Bertz CT molecular complexity index is 1030. The molecule has 11 atom stereocenters. The summed E-state index contributed by atoms with van der Waals surface area (Å²) in [6.07, 6.45) is 9.32. The standard InChI is InChI=1S/C31H42O7/c1-14(2)28(32)33-13-24-25-26(36-31(35-25)20-7-17-5-18(9-20)10-21(31)8-17)27-29(34-24)38-30(37-27)15(3)4-16-6-19-12-23(30)22(19)11-16/h15-27,29H,1,4-13H2,2-3H3/t15?,16?,17?,18?,19?,20?,21?,22?,23?,24-,25+,26+,27-,29+,30?,31?/m1/s1. The van der Waals surface area contributed by atoms with E-state index in [0.29, 0.717) is 35.2 Å². The Hall–Kier alpha value is -0.990. The molecule has 6 bridgehead atoms. The predicted molar refractivity (Wildman–Crippen MR) is 134 cm³/mol. The van der Waals surface area contributed by atoms with E-state index in [1.54, 1.807) is 6.92 Å². The lowest BCUT2D eigenvalue weighted by Crippen LogP contribution is -2.59. The lowest BCUT2D eigenvalue weighted by atomic mass is 9.53. The highest BCUT2D eigenvalue weighted by molar-refractivity contribution is 5.86. The molecule has 0 radical (unpaired) electrons. The molecule has 3 saturated heterocycles. The number of esters is 1. The second-order valence-electron chi connectivity index (χ2n) is 14.8. The molecule has 3 aliphatic heterocycles. The molecule has 2 spiro atoms. The topological polar surface area (TPSA) is 72.5 Å². The summed E-state index contributed by atoms with van der Waals surface area (Å²) in [5, 5.41) is 0. The molecule has 208 valence electrons. The SMILES string of the molecule is C=C(C)C(=O)OC[C@H]1O[C@H]2OC3(O[C@@H]2[C@H]2OC4(O[C@H]21)C1CC2CC(C1)CC4C2)C(C)CC1CC2CC3C2C1. The predicted octanol–water partition coefficient (Wildman–Crippen LogP) is 4.58. The number of hydrogen-bond acceptors (Lipinski definition) is 7. The van der Waals surface area contributed by atoms with Crippen LogP contribution in [-0.2, 0) is 33.2 Å². The molecule has 38 heavy (non-hydrogen) atoms. The van der Waals surface area contributed by atoms with Gasteiger partial charge in [-0.05, 0) is 94.3 Å². The molecule has 10 aliphatic rings. The molecule has 0 aromatic rings. The van der Waals surface area contributed by atoms with Crippen molar-refractivity contribution in [2.75, 3.05) is 6.61 Å². The normalized spacial score (nSPS) is 60.5. The van der Waals surface area contributed by atoms with Gasteiger partial charge in [0.25, 0.3) is 0 Å². The van der Waals surface area contributed by atoms with Crippen molar-refractivity contribution in [3.05, 3.63) is 12.2 Å². The lowest BCUT2D eigenvalue weighted by molar-refractivity contribution is -0.316. The summed E-state index contributed by atoms with van der Waals surface area (Å²) in [7, 11) is 0. The monoisotopic (exact) mass is 526 g/mol. The van der Waals surface area contributed by atoms with Crippen molar-refractivity contribution in [1.29, 1.82) is 0 Å². The number of ether oxygens (including phenoxy) is 6. The van der Waals surface area contributed by atoms with Crippen LogP contribution in [0.3, 0.4) is 0 Å². The summed E-state index contributed by atoms with van der Waals surface area (Å²) < 4.78 is 40.6. The van der Waals surface area contributed by atoms with E-state index in [-0.39, 0.29) is 24.9 Å². The molecule has 0 N–H and O–H groups in total. The van der Waals surface area contributed by atoms with Gasteiger partial charge in [-0.2, -0.15) is 0 Å². The Morgan fingerprint density at radius 3 is 2.24 bits per heavy atom. The second-order valence-corrected chi connectivity index (χ2v) is 14.8. The third-order valence-electron chi connectivity index (χ3n) is 12.7. The summed E-state index contributed by atoms with van der Waals surface area (Å²) in [4.78, 5) is 12.3. The maximum Gasteiger partial charge on any atom is 0.333 e. The Morgan fingerprint density at radius 1 is 0.816 bits per heavy atom. The zero-order chi connectivity index (χ0) is 25.6. The Labute approximate surface area is 225 Å². The third kappa shape index (κ3) is 3.01. The van der Waals surface area contributed by atoms with Gasteiger partial charge in [0.15, 0.2) is 17.9 Å². The Balaban J connectivity index is 1.05. The molecule has 7 saturated carbocycles. The van der Waals surface area contributed by atoms with E-state index in [1.165, 1.54) is 51.4 Å². The van der Waals surface area contributed by atoms with E-state index in [2.05, 4.69) is 13.5 Å². The molecule has 6 unspecified atom stereocenters. The fraction of sp³-hybridized carbons (Fsp3) is 0.903. The van der Waals surface area contributed by atoms with Crippen LogP contribution in [0.15, 0.2) is 12.2 Å². The van der Waals surface area contributed by atoms with Gasteiger partial charge in [-0.1, -0.05) is 13.5 Å². The summed E-state index contributed by atoms with van der Waals surface area (Å²) in [5.41, 5.74) is 0.387. The van der Waals surface area contributed by atoms with Crippen LogP contribution >= 0.6 is 0 Å². The quantitative estimate of drug-likeness (QED) is 0.394. The van der Waals surface area contributed by atoms with Crippen LogP contribution in [0.5, 0.6) is 0 Å². The van der Waals surface area contributed by atoms with Crippen molar-refractivity contribution in [3.8, 4) is 0 Å². The number of rotatable bonds is 3. The first-order chi connectivity index (χ1) is 18.3. The Kier molecular flexibility index (Phi) is 4.89. The van der Waals surface area contributed by atoms with Crippen molar-refractivity contribution in [1.82, 2.24) is 0 Å². The van der Waals surface area contributed by atoms with Crippen molar-refractivity contribution in [2.24, 2.45) is 53.3 Å². The van der Waals surface area contributed by atoms with Gasteiger partial charge >= 0.3 is 5.97 Å². The number of fused-ring (bicyclic) bond motifs is 5. The van der Waals surface area contributed by atoms with Crippen molar-refractivity contribution < 1.29 is 33.2 Å². The van der Waals surface area contributed by atoms with Gasteiger partial charge < -0.3 is 28.4 Å². The van der Waals surface area contributed by atoms with E-state index in [9.17, 15) is 4.79 Å². The number of hydrogen-bond donors (Lipinski definition) is 0. The number of carbonyl (C=O) groups is 1. The molecule has 0 aromatic carbocycles. The van der Waals surface area contributed by atoms with Crippen LogP contribution in [0.1, 0.15) is 71.6 Å². The van der Waals surface area contributed by atoms with E-state index >= 15 is 0 Å². The van der Waals surface area contributed by atoms with Crippen LogP contribution in [0, 0.1) is 53.3 Å². The van der Waals surface area contributed by atoms with Crippen molar-refractivity contribution >= 4 is 5.97 Å². The zero-order valence-electron chi connectivity index (χ0n) is 22.7. The van der Waals surface area contributed by atoms with Gasteiger partial charge in [0, 0.05) is 29.2 Å². The van der Waals surface area contributed by atoms with E-state index in [4.69, 9.17) is 28.4 Å². The van der Waals surface area contributed by atoms with E-state index in [1.807, 2.05) is 0 Å². The minimum atomic E-state index is -0.608. The summed E-state index contributed by atoms with van der Waals surface area (Å²) in [5.74, 6) is 4.02. The highest BCUT2D eigenvalue weighted by Crippen LogP contribution is 2.67. The Morgan fingerprint density at radius 2 is 1.50 bits per heavy atom. The molecule has 0 amide bonds. The first-order valence-electron chi connectivity index (χ1n) is 15.5. The van der Waals surface area contributed by atoms with Gasteiger partial charge in [0.05, 0.1) is 0 Å². The first-order valence-corrected chi connectivity index (χ1v) is 15.5. The largest absolute Gasteiger partial charge is 0.459 e. The molecule has 10 fully saturated rings. The second kappa shape index (κ2) is 7.84. The maximum absolute atomic E-state index is 12.3. The van der Waals surface area contributed by atoms with Gasteiger partial charge in [0.1, 0.15) is 31.0 Å². The fourth-order valence-electron chi connectivity index (χ4n) is 11.3. The molecule has 10 rings (SSSR count). The van der Waals surface area contributed by atoms with Gasteiger partial charge in [-0.3, -0.25) is 0 Å². The fourth-order valence-corrected chi connectivity index (χ4v) is 11.3. The summed E-state index contributed by atoms with van der Waals surface area (Å²) in [6.45, 7) is 7.85. The highest BCUT2D eigenvalue weighted by atomic mass is 16.9. The van der Waals surface area contributed by atoms with Gasteiger partial charge in [0.2, 0.25) is 0 Å². The number of carbonyl (C=O) groups excluding carboxylic acids is 1. The van der Waals surface area contributed by atoms with E-state index < -0.39 is 29.9 Å². The molecule has 7 nitrogen and oxygen atoms in total. The molecular formula is C31H42O7. The summed E-state index contributed by atoms with van der Waals surface area (Å²) in [6, 6.07) is 0. The minimum Gasteiger partial charge on any atom is -0.459 e. The molecule has 0 aromatic heterocycles. The zero-order valence-corrected chi connectivity index (χ0v) is 22.7. The molecule has 7 aliphatic carbocycles. The first kappa shape index (κ1) is 23.7. The maximum atomic E-state index is 12.3. The van der Waals surface area contributed by atoms with Crippen LogP contribution < -0.4 is 0 Å². The molecular weight excluding hydrogens is 484 g/mol. The molecule has 3 heterocycles. The van der Waals surface area contributed by atoms with Crippen LogP contribution in [-0.4, -0.2) is 54.9 Å². The average molecular weight is 527 g/mol. The lowest BCUT2D eigenvalue weighted by Gasteiger charge is -2.58. The van der Waals surface area contributed by atoms with Crippen LogP contribution in [0.4, 0.5) is 0 Å². The summed E-state index contributed by atoms with van der Waals surface area (Å²) >= 11 is 0. The van der Waals surface area contributed by atoms with Crippen LogP contribution in [0.25, 0.3) is 0 Å². The van der Waals surface area contributed by atoms with Gasteiger partial charge in [-0.25, -0.2) is 4.79 Å². The van der Waals surface area contributed by atoms with Crippen molar-refractivity contribution in [2.45, 2.75) is 114 Å². The smallest absolute Gasteiger partial charge is 0.333 e. The van der Waals surface area contributed by atoms with Crippen molar-refractivity contribution in [3.63, 3.8) is 0 Å². The van der Waals surface area contributed by atoms with Gasteiger partial charge in [-0.15, -0.1) is 0 Å².